The fraction of sp³-hybridized carbons (Fsp3) is 0.684. The van der Waals surface area contributed by atoms with Crippen LogP contribution in [-0.4, -0.2) is 7.05 Å². The van der Waals surface area contributed by atoms with Gasteiger partial charge in [0.1, 0.15) is 0 Å². The Morgan fingerprint density at radius 2 is 1.60 bits per heavy atom. The molecule has 0 heterocycles. The molecule has 0 saturated heterocycles. The lowest BCUT2D eigenvalue weighted by Gasteiger charge is -2.36. The first-order chi connectivity index (χ1) is 9.52. The van der Waals surface area contributed by atoms with Gasteiger partial charge in [-0.25, -0.2) is 0 Å². The molecule has 1 saturated carbocycles. The van der Waals surface area contributed by atoms with Gasteiger partial charge in [0.2, 0.25) is 0 Å². The molecule has 0 aromatic heterocycles. The Bertz CT molecular complexity index is 427. The van der Waals surface area contributed by atoms with Gasteiger partial charge in [0, 0.05) is 6.04 Å². The van der Waals surface area contributed by atoms with E-state index in [-0.39, 0.29) is 0 Å². The summed E-state index contributed by atoms with van der Waals surface area (Å²) in [5.74, 6) is 2.60. The molecule has 1 atom stereocenters. The topological polar surface area (TPSA) is 12.0 Å². The van der Waals surface area contributed by atoms with Crippen molar-refractivity contribution in [2.75, 3.05) is 7.05 Å². The molecule has 1 aliphatic carbocycles. The van der Waals surface area contributed by atoms with Crippen LogP contribution < -0.4 is 5.32 Å². The molecule has 2 rings (SSSR count). The summed E-state index contributed by atoms with van der Waals surface area (Å²) in [5, 5.41) is 3.60. The third kappa shape index (κ3) is 3.44. The van der Waals surface area contributed by atoms with Crippen molar-refractivity contribution in [1.82, 2.24) is 5.32 Å². The predicted molar refractivity (Wildman–Crippen MR) is 88.0 cm³/mol. The zero-order chi connectivity index (χ0) is 14.7. The second-order valence-corrected chi connectivity index (χ2v) is 7.05. The SMILES string of the molecule is CNC(c1cc(C)ccc1C)C1CCC(C(C)C)CC1. The van der Waals surface area contributed by atoms with E-state index < -0.39 is 0 Å². The van der Waals surface area contributed by atoms with Crippen LogP contribution in [0.4, 0.5) is 0 Å². The maximum absolute atomic E-state index is 3.60. The maximum Gasteiger partial charge on any atom is 0.0348 e. The highest BCUT2D eigenvalue weighted by atomic mass is 14.9. The van der Waals surface area contributed by atoms with Crippen molar-refractivity contribution in [3.63, 3.8) is 0 Å². The molecule has 0 radical (unpaired) electrons. The van der Waals surface area contributed by atoms with Crippen LogP contribution in [-0.2, 0) is 0 Å². The van der Waals surface area contributed by atoms with Gasteiger partial charge in [0.25, 0.3) is 0 Å². The van der Waals surface area contributed by atoms with Crippen LogP contribution in [0.25, 0.3) is 0 Å². The fourth-order valence-electron chi connectivity index (χ4n) is 3.89. The molecular weight excluding hydrogens is 242 g/mol. The number of hydrogen-bond donors (Lipinski definition) is 1. The van der Waals surface area contributed by atoms with Gasteiger partial charge in [0.15, 0.2) is 0 Å². The second-order valence-electron chi connectivity index (χ2n) is 7.05. The number of aryl methyl sites for hydroxylation is 2. The highest BCUT2D eigenvalue weighted by Gasteiger charge is 2.29. The van der Waals surface area contributed by atoms with Gasteiger partial charge in [-0.3, -0.25) is 0 Å². The van der Waals surface area contributed by atoms with Crippen molar-refractivity contribution >= 4 is 0 Å². The van der Waals surface area contributed by atoms with Gasteiger partial charge in [-0.05, 0) is 75.5 Å². The van der Waals surface area contributed by atoms with Gasteiger partial charge < -0.3 is 5.32 Å². The number of hydrogen-bond acceptors (Lipinski definition) is 1. The highest BCUT2D eigenvalue weighted by Crippen LogP contribution is 2.40. The van der Waals surface area contributed by atoms with E-state index in [0.717, 1.165) is 17.8 Å². The molecule has 0 spiro atoms. The zero-order valence-corrected chi connectivity index (χ0v) is 13.9. The quantitative estimate of drug-likeness (QED) is 0.811. The standard InChI is InChI=1S/C19H31N/c1-13(2)16-8-10-17(11-9-16)19(20-5)18-12-14(3)6-7-15(18)4/h6-7,12-13,16-17,19-20H,8-11H2,1-5H3. The summed E-state index contributed by atoms with van der Waals surface area (Å²) in [5.41, 5.74) is 4.32. The summed E-state index contributed by atoms with van der Waals surface area (Å²) in [7, 11) is 2.13. The van der Waals surface area contributed by atoms with E-state index in [0.29, 0.717) is 6.04 Å². The van der Waals surface area contributed by atoms with E-state index in [2.05, 4.69) is 58.3 Å². The normalized spacial score (nSPS) is 24.9. The molecule has 1 fully saturated rings. The first-order valence-corrected chi connectivity index (χ1v) is 8.27. The molecule has 1 unspecified atom stereocenters. The molecule has 1 aromatic carbocycles. The summed E-state index contributed by atoms with van der Waals surface area (Å²) in [6, 6.07) is 7.41. The number of nitrogens with one attached hydrogen (secondary N) is 1. The predicted octanol–water partition coefficient (Wildman–Crippen LogP) is 5.03. The van der Waals surface area contributed by atoms with Gasteiger partial charge in [-0.1, -0.05) is 37.6 Å². The van der Waals surface area contributed by atoms with Crippen LogP contribution in [0.1, 0.15) is 62.3 Å². The monoisotopic (exact) mass is 273 g/mol. The van der Waals surface area contributed by atoms with Gasteiger partial charge in [-0.15, -0.1) is 0 Å². The second kappa shape index (κ2) is 6.76. The molecule has 1 aromatic rings. The van der Waals surface area contributed by atoms with Crippen LogP contribution in [0.2, 0.25) is 0 Å². The van der Waals surface area contributed by atoms with E-state index in [4.69, 9.17) is 0 Å². The summed E-state index contributed by atoms with van der Waals surface area (Å²) in [4.78, 5) is 0. The van der Waals surface area contributed by atoms with Crippen LogP contribution in [0, 0.1) is 31.6 Å². The van der Waals surface area contributed by atoms with Crippen LogP contribution >= 0.6 is 0 Å². The Morgan fingerprint density at radius 1 is 1.00 bits per heavy atom. The van der Waals surface area contributed by atoms with E-state index >= 15 is 0 Å². The minimum atomic E-state index is 0.531. The molecule has 20 heavy (non-hydrogen) atoms. The van der Waals surface area contributed by atoms with Crippen molar-refractivity contribution in [2.24, 2.45) is 17.8 Å². The Balaban J connectivity index is 2.11. The lowest BCUT2D eigenvalue weighted by molar-refractivity contribution is 0.192. The maximum atomic E-state index is 3.60. The first-order valence-electron chi connectivity index (χ1n) is 8.27. The zero-order valence-electron chi connectivity index (χ0n) is 13.9. The average Bonchev–Trinajstić information content (AvgIpc) is 2.44. The third-order valence-corrected chi connectivity index (χ3v) is 5.31. The molecule has 0 aliphatic heterocycles. The minimum Gasteiger partial charge on any atom is -0.313 e. The smallest absolute Gasteiger partial charge is 0.0348 e. The Morgan fingerprint density at radius 3 is 2.15 bits per heavy atom. The molecule has 0 bridgehead atoms. The summed E-state index contributed by atoms with van der Waals surface area (Å²) >= 11 is 0. The highest BCUT2D eigenvalue weighted by molar-refractivity contribution is 5.33. The molecule has 1 aliphatic rings. The van der Waals surface area contributed by atoms with Crippen LogP contribution in [0.15, 0.2) is 18.2 Å². The fourth-order valence-corrected chi connectivity index (χ4v) is 3.89. The van der Waals surface area contributed by atoms with Crippen molar-refractivity contribution in [3.05, 3.63) is 34.9 Å². The van der Waals surface area contributed by atoms with Crippen molar-refractivity contribution in [1.29, 1.82) is 0 Å². The first kappa shape index (κ1) is 15.6. The summed E-state index contributed by atoms with van der Waals surface area (Å²) in [6.07, 6.45) is 5.57. The van der Waals surface area contributed by atoms with Crippen LogP contribution in [0.5, 0.6) is 0 Å². The molecule has 112 valence electrons. The van der Waals surface area contributed by atoms with Gasteiger partial charge >= 0.3 is 0 Å². The van der Waals surface area contributed by atoms with E-state index in [1.807, 2.05) is 0 Å². The third-order valence-electron chi connectivity index (χ3n) is 5.31. The van der Waals surface area contributed by atoms with E-state index in [1.165, 1.54) is 42.4 Å². The van der Waals surface area contributed by atoms with Crippen molar-refractivity contribution in [2.45, 2.75) is 59.4 Å². The molecule has 1 N–H and O–H groups in total. The Hall–Kier alpha value is -0.820. The Labute approximate surface area is 125 Å². The summed E-state index contributed by atoms with van der Waals surface area (Å²) in [6.45, 7) is 9.21. The van der Waals surface area contributed by atoms with Crippen LogP contribution in [0.3, 0.4) is 0 Å². The largest absolute Gasteiger partial charge is 0.313 e. The minimum absolute atomic E-state index is 0.531. The Kier molecular flexibility index (Phi) is 5.26. The lowest BCUT2D eigenvalue weighted by atomic mass is 9.73. The number of benzene rings is 1. The molecule has 1 heteroatoms. The average molecular weight is 273 g/mol. The van der Waals surface area contributed by atoms with E-state index in [9.17, 15) is 0 Å². The lowest BCUT2D eigenvalue weighted by Crippen LogP contribution is -2.30. The molecular formula is C19H31N. The molecule has 1 nitrogen and oxygen atoms in total. The number of rotatable bonds is 4. The molecule has 0 amide bonds. The van der Waals surface area contributed by atoms with Gasteiger partial charge in [0.05, 0.1) is 0 Å². The van der Waals surface area contributed by atoms with Crippen molar-refractivity contribution in [3.8, 4) is 0 Å². The van der Waals surface area contributed by atoms with E-state index in [1.54, 1.807) is 0 Å². The van der Waals surface area contributed by atoms with Crippen molar-refractivity contribution < 1.29 is 0 Å². The van der Waals surface area contributed by atoms with Gasteiger partial charge in [-0.2, -0.15) is 0 Å². The summed E-state index contributed by atoms with van der Waals surface area (Å²) < 4.78 is 0.